The molecule has 1 aliphatic rings. The molecule has 1 amide bonds. The lowest BCUT2D eigenvalue weighted by Crippen LogP contribution is -2.40. The Morgan fingerprint density at radius 2 is 1.84 bits per heavy atom. The Morgan fingerprint density at radius 1 is 1.20 bits per heavy atom. The first-order valence-corrected chi connectivity index (χ1v) is 9.47. The number of carbonyl (C=O) groups excluding carboxylic acids is 1. The second-order valence-electron chi connectivity index (χ2n) is 6.32. The standard InChI is InChI=1S/C18H36N4O2.HI/c1-5-19-18(20-12-8-17(23)22(6-2)7-3)21(4)13-9-16-10-14-24-15-11-16;/h16H,5-15H2,1-4H3,(H,19,20);1H. The molecule has 7 heteroatoms. The van der Waals surface area contributed by atoms with Gasteiger partial charge in [-0.3, -0.25) is 9.79 Å². The molecule has 1 fully saturated rings. The first-order chi connectivity index (χ1) is 11.6. The molecule has 1 N–H and O–H groups in total. The average Bonchev–Trinajstić information content (AvgIpc) is 2.61. The number of nitrogens with zero attached hydrogens (tertiary/aromatic N) is 3. The minimum absolute atomic E-state index is 0. The van der Waals surface area contributed by atoms with E-state index >= 15 is 0 Å². The Labute approximate surface area is 170 Å². The first-order valence-electron chi connectivity index (χ1n) is 9.47. The van der Waals surface area contributed by atoms with Gasteiger partial charge >= 0.3 is 0 Å². The number of ether oxygens (including phenoxy) is 1. The van der Waals surface area contributed by atoms with Crippen molar-refractivity contribution in [1.82, 2.24) is 15.1 Å². The number of rotatable bonds is 9. The summed E-state index contributed by atoms with van der Waals surface area (Å²) >= 11 is 0. The van der Waals surface area contributed by atoms with Crippen LogP contribution in [0.1, 0.15) is 46.5 Å². The molecule has 1 saturated heterocycles. The maximum atomic E-state index is 12.1. The maximum absolute atomic E-state index is 12.1. The third-order valence-corrected chi connectivity index (χ3v) is 4.61. The molecule has 6 nitrogen and oxygen atoms in total. The number of aliphatic imine (C=N–C) groups is 1. The molecular weight excluding hydrogens is 431 g/mol. The van der Waals surface area contributed by atoms with Crippen LogP contribution < -0.4 is 5.32 Å². The fourth-order valence-corrected chi connectivity index (χ4v) is 2.98. The molecule has 1 rings (SSSR count). The van der Waals surface area contributed by atoms with E-state index in [-0.39, 0.29) is 29.9 Å². The van der Waals surface area contributed by atoms with Crippen LogP contribution in [0.3, 0.4) is 0 Å². The Kier molecular flexibility index (Phi) is 14.3. The minimum atomic E-state index is 0. The Hall–Kier alpha value is -0.570. The topological polar surface area (TPSA) is 57.2 Å². The summed E-state index contributed by atoms with van der Waals surface area (Å²) < 4.78 is 5.42. The van der Waals surface area contributed by atoms with Crippen molar-refractivity contribution in [3.63, 3.8) is 0 Å². The summed E-state index contributed by atoms with van der Waals surface area (Å²) in [6, 6.07) is 0. The van der Waals surface area contributed by atoms with Crippen molar-refractivity contribution in [3.8, 4) is 0 Å². The smallest absolute Gasteiger partial charge is 0.224 e. The summed E-state index contributed by atoms with van der Waals surface area (Å²) in [5, 5.41) is 3.33. The molecule has 0 aromatic carbocycles. The molecule has 0 unspecified atom stereocenters. The van der Waals surface area contributed by atoms with Crippen molar-refractivity contribution in [1.29, 1.82) is 0 Å². The van der Waals surface area contributed by atoms with Crippen LogP contribution in [0.25, 0.3) is 0 Å². The van der Waals surface area contributed by atoms with Crippen LogP contribution in [0, 0.1) is 5.92 Å². The molecule has 0 atom stereocenters. The quantitative estimate of drug-likeness (QED) is 0.321. The van der Waals surface area contributed by atoms with Gasteiger partial charge in [-0.2, -0.15) is 0 Å². The van der Waals surface area contributed by atoms with Crippen molar-refractivity contribution in [2.75, 3.05) is 53.0 Å². The number of hydrogen-bond acceptors (Lipinski definition) is 3. The van der Waals surface area contributed by atoms with Crippen molar-refractivity contribution < 1.29 is 9.53 Å². The molecule has 1 aliphatic heterocycles. The van der Waals surface area contributed by atoms with Crippen LogP contribution >= 0.6 is 24.0 Å². The summed E-state index contributed by atoms with van der Waals surface area (Å²) in [6.45, 7) is 11.8. The van der Waals surface area contributed by atoms with E-state index in [0.717, 1.165) is 51.3 Å². The van der Waals surface area contributed by atoms with Crippen LogP contribution in [0.5, 0.6) is 0 Å². The number of halogens is 1. The fourth-order valence-electron chi connectivity index (χ4n) is 2.98. The third-order valence-electron chi connectivity index (χ3n) is 4.61. The zero-order chi connectivity index (χ0) is 17.8. The van der Waals surface area contributed by atoms with Gasteiger partial charge in [0.15, 0.2) is 5.96 Å². The molecule has 0 aliphatic carbocycles. The fraction of sp³-hybridized carbons (Fsp3) is 0.889. The number of nitrogens with one attached hydrogen (secondary N) is 1. The summed E-state index contributed by atoms with van der Waals surface area (Å²) in [5.74, 6) is 1.84. The van der Waals surface area contributed by atoms with E-state index in [1.165, 1.54) is 19.3 Å². The SMILES string of the molecule is CCNC(=NCCC(=O)N(CC)CC)N(C)CCC1CCOCC1.I. The molecule has 1 heterocycles. The highest BCUT2D eigenvalue weighted by Crippen LogP contribution is 2.18. The van der Waals surface area contributed by atoms with Gasteiger partial charge in [-0.1, -0.05) is 0 Å². The van der Waals surface area contributed by atoms with E-state index in [1.54, 1.807) is 0 Å². The van der Waals surface area contributed by atoms with E-state index in [2.05, 4.69) is 29.2 Å². The van der Waals surface area contributed by atoms with Crippen molar-refractivity contribution in [3.05, 3.63) is 0 Å². The van der Waals surface area contributed by atoms with E-state index in [0.29, 0.717) is 13.0 Å². The highest BCUT2D eigenvalue weighted by Gasteiger charge is 2.15. The molecule has 0 spiro atoms. The highest BCUT2D eigenvalue weighted by molar-refractivity contribution is 14.0. The van der Waals surface area contributed by atoms with Gasteiger partial charge in [-0.05, 0) is 46.0 Å². The first kappa shape index (κ1) is 24.4. The van der Waals surface area contributed by atoms with Crippen molar-refractivity contribution in [2.45, 2.75) is 46.5 Å². The average molecular weight is 468 g/mol. The molecule has 0 bridgehead atoms. The molecule has 0 aromatic rings. The molecule has 148 valence electrons. The zero-order valence-corrected chi connectivity index (χ0v) is 18.8. The lowest BCUT2D eigenvalue weighted by atomic mass is 9.96. The monoisotopic (exact) mass is 468 g/mol. The Morgan fingerprint density at radius 3 is 2.40 bits per heavy atom. The third kappa shape index (κ3) is 9.63. The number of guanidine groups is 1. The molecular formula is C18H37IN4O2. The van der Waals surface area contributed by atoms with Gasteiger partial charge in [0.25, 0.3) is 0 Å². The van der Waals surface area contributed by atoms with Crippen molar-refractivity contribution in [2.24, 2.45) is 10.9 Å². The zero-order valence-electron chi connectivity index (χ0n) is 16.4. The Balaban J connectivity index is 0.00000576. The van der Waals surface area contributed by atoms with Gasteiger partial charge in [0.2, 0.25) is 5.91 Å². The molecule has 0 aromatic heterocycles. The van der Waals surface area contributed by atoms with E-state index in [4.69, 9.17) is 4.74 Å². The molecule has 25 heavy (non-hydrogen) atoms. The lowest BCUT2D eigenvalue weighted by Gasteiger charge is -2.27. The minimum Gasteiger partial charge on any atom is -0.381 e. The Bertz CT molecular complexity index is 383. The largest absolute Gasteiger partial charge is 0.381 e. The van der Waals surface area contributed by atoms with Crippen LogP contribution in [0.15, 0.2) is 4.99 Å². The number of carbonyl (C=O) groups is 1. The van der Waals surface area contributed by atoms with Gasteiger partial charge in [0.05, 0.1) is 6.54 Å². The second-order valence-corrected chi connectivity index (χ2v) is 6.32. The van der Waals surface area contributed by atoms with Crippen LogP contribution in [-0.4, -0.2) is 74.7 Å². The molecule has 0 radical (unpaired) electrons. The summed E-state index contributed by atoms with van der Waals surface area (Å²) in [5.41, 5.74) is 0. The van der Waals surface area contributed by atoms with E-state index in [1.807, 2.05) is 18.7 Å². The van der Waals surface area contributed by atoms with Crippen LogP contribution in [-0.2, 0) is 9.53 Å². The normalized spacial score (nSPS) is 15.4. The summed E-state index contributed by atoms with van der Waals surface area (Å²) in [7, 11) is 2.08. The number of amides is 1. The number of hydrogen-bond donors (Lipinski definition) is 1. The van der Waals surface area contributed by atoms with Gasteiger partial charge < -0.3 is 19.9 Å². The predicted molar refractivity (Wildman–Crippen MR) is 115 cm³/mol. The highest BCUT2D eigenvalue weighted by atomic mass is 127. The van der Waals surface area contributed by atoms with Crippen LogP contribution in [0.4, 0.5) is 0 Å². The van der Waals surface area contributed by atoms with Gasteiger partial charge in [-0.25, -0.2) is 0 Å². The predicted octanol–water partition coefficient (Wildman–Crippen LogP) is 2.58. The molecule has 0 saturated carbocycles. The lowest BCUT2D eigenvalue weighted by molar-refractivity contribution is -0.130. The van der Waals surface area contributed by atoms with E-state index < -0.39 is 0 Å². The second kappa shape index (κ2) is 14.6. The maximum Gasteiger partial charge on any atom is 0.224 e. The van der Waals surface area contributed by atoms with Gasteiger partial charge in [0, 0.05) is 52.9 Å². The van der Waals surface area contributed by atoms with Gasteiger partial charge in [0.1, 0.15) is 0 Å². The summed E-state index contributed by atoms with van der Waals surface area (Å²) in [6.07, 6.45) is 3.98. The van der Waals surface area contributed by atoms with Crippen molar-refractivity contribution >= 4 is 35.8 Å². The van der Waals surface area contributed by atoms with E-state index in [9.17, 15) is 4.79 Å². The van der Waals surface area contributed by atoms with Crippen LogP contribution in [0.2, 0.25) is 0 Å². The summed E-state index contributed by atoms with van der Waals surface area (Å²) in [4.78, 5) is 20.7. The van der Waals surface area contributed by atoms with Gasteiger partial charge in [-0.15, -0.1) is 24.0 Å².